The van der Waals surface area contributed by atoms with E-state index in [0.717, 1.165) is 31.8 Å². The van der Waals surface area contributed by atoms with Gasteiger partial charge in [-0.25, -0.2) is 4.79 Å². The molecule has 2 aromatic rings. The molecule has 0 bridgehead atoms. The first-order valence-electron chi connectivity index (χ1n) is 8.86. The fraction of sp³-hybridized carbons (Fsp3) is 0.421. The summed E-state index contributed by atoms with van der Waals surface area (Å²) in [7, 11) is 3.28. The van der Waals surface area contributed by atoms with Crippen LogP contribution >= 0.6 is 0 Å². The van der Waals surface area contributed by atoms with E-state index in [1.165, 1.54) is 10.9 Å². The zero-order valence-corrected chi connectivity index (χ0v) is 15.5. The number of carboxylic acid groups (broad SMARTS) is 1. The van der Waals surface area contributed by atoms with Crippen molar-refractivity contribution in [1.82, 2.24) is 15.1 Å². The first-order valence-corrected chi connectivity index (χ1v) is 8.86. The lowest BCUT2D eigenvalue weighted by molar-refractivity contribution is 0.0682. The third-order valence-electron chi connectivity index (χ3n) is 4.84. The standard InChI is InChI=1S/C19H24N4O4/c1-22-17(19(25)26)15(10-21-22)9-20-18(24)14-3-5-16(6-4-14)23-8-7-13(11-23)12-27-2/h3-6,10,13H,7-9,11-12H2,1-2H3,(H,20,24)(H,25,26). The monoisotopic (exact) mass is 372 g/mol. The fourth-order valence-corrected chi connectivity index (χ4v) is 3.43. The third-order valence-corrected chi connectivity index (χ3v) is 4.84. The Labute approximate surface area is 157 Å². The Morgan fingerprint density at radius 3 is 2.74 bits per heavy atom. The van der Waals surface area contributed by atoms with Crippen LogP contribution in [-0.4, -0.2) is 53.6 Å². The smallest absolute Gasteiger partial charge is 0.354 e. The van der Waals surface area contributed by atoms with Gasteiger partial charge in [0.05, 0.1) is 12.8 Å². The lowest BCUT2D eigenvalue weighted by Crippen LogP contribution is -2.24. The molecule has 1 amide bonds. The lowest BCUT2D eigenvalue weighted by Gasteiger charge is -2.19. The topological polar surface area (TPSA) is 96.7 Å². The number of hydrogen-bond donors (Lipinski definition) is 2. The van der Waals surface area contributed by atoms with E-state index in [4.69, 9.17) is 4.74 Å². The second-order valence-electron chi connectivity index (χ2n) is 6.73. The van der Waals surface area contributed by atoms with Crippen LogP contribution in [0.1, 0.15) is 32.8 Å². The van der Waals surface area contributed by atoms with Gasteiger partial charge in [-0.3, -0.25) is 9.48 Å². The van der Waals surface area contributed by atoms with Gasteiger partial charge in [-0.05, 0) is 30.7 Å². The number of aryl methyl sites for hydroxylation is 1. The van der Waals surface area contributed by atoms with Gasteiger partial charge in [-0.15, -0.1) is 0 Å². The molecule has 2 N–H and O–H groups in total. The minimum absolute atomic E-state index is 0.0743. The second-order valence-corrected chi connectivity index (χ2v) is 6.73. The van der Waals surface area contributed by atoms with Crippen molar-refractivity contribution in [2.45, 2.75) is 13.0 Å². The number of carboxylic acids is 1. The quantitative estimate of drug-likeness (QED) is 0.765. The van der Waals surface area contributed by atoms with E-state index in [9.17, 15) is 14.7 Å². The van der Waals surface area contributed by atoms with Crippen molar-refractivity contribution in [3.8, 4) is 0 Å². The number of ether oxygens (including phenoxy) is 1. The van der Waals surface area contributed by atoms with E-state index in [0.29, 0.717) is 17.0 Å². The predicted octanol–water partition coefficient (Wildman–Crippen LogP) is 1.52. The molecule has 3 rings (SSSR count). The molecule has 1 aliphatic heterocycles. The molecular formula is C19H24N4O4. The highest BCUT2D eigenvalue weighted by atomic mass is 16.5. The number of aromatic nitrogens is 2. The van der Waals surface area contributed by atoms with E-state index >= 15 is 0 Å². The highest BCUT2D eigenvalue weighted by molar-refractivity contribution is 5.94. The van der Waals surface area contributed by atoms with Gasteiger partial charge in [0.25, 0.3) is 5.91 Å². The van der Waals surface area contributed by atoms with E-state index in [1.54, 1.807) is 26.3 Å². The van der Waals surface area contributed by atoms with Gasteiger partial charge in [0, 0.05) is 56.5 Å². The molecule has 1 fully saturated rings. The SMILES string of the molecule is COCC1CCN(c2ccc(C(=O)NCc3cnn(C)c3C(=O)O)cc2)C1. The van der Waals surface area contributed by atoms with E-state index in [-0.39, 0.29) is 18.1 Å². The third kappa shape index (κ3) is 4.28. The van der Waals surface area contributed by atoms with Crippen molar-refractivity contribution in [1.29, 1.82) is 0 Å². The van der Waals surface area contributed by atoms with Crippen molar-refractivity contribution < 1.29 is 19.4 Å². The Kier molecular flexibility index (Phi) is 5.75. The first-order chi connectivity index (χ1) is 13.0. The van der Waals surface area contributed by atoms with Crippen LogP contribution in [-0.2, 0) is 18.3 Å². The van der Waals surface area contributed by atoms with Gasteiger partial charge in [0.15, 0.2) is 5.69 Å². The minimum Gasteiger partial charge on any atom is -0.477 e. The summed E-state index contributed by atoms with van der Waals surface area (Å²) in [4.78, 5) is 25.9. The summed E-state index contributed by atoms with van der Waals surface area (Å²) >= 11 is 0. The van der Waals surface area contributed by atoms with Crippen molar-refractivity contribution in [2.75, 3.05) is 31.7 Å². The molecule has 144 valence electrons. The summed E-state index contributed by atoms with van der Waals surface area (Å²) in [5.41, 5.74) is 2.17. The normalized spacial score (nSPS) is 16.5. The highest BCUT2D eigenvalue weighted by Gasteiger charge is 2.22. The number of carbonyl (C=O) groups excluding carboxylic acids is 1. The summed E-state index contributed by atoms with van der Waals surface area (Å²) < 4.78 is 6.51. The average Bonchev–Trinajstić information content (AvgIpc) is 3.27. The van der Waals surface area contributed by atoms with E-state index in [1.807, 2.05) is 12.1 Å². The molecule has 1 atom stereocenters. The number of carbonyl (C=O) groups is 2. The lowest BCUT2D eigenvalue weighted by atomic mass is 10.1. The zero-order valence-electron chi connectivity index (χ0n) is 15.5. The van der Waals surface area contributed by atoms with Gasteiger partial charge in [-0.1, -0.05) is 0 Å². The molecule has 27 heavy (non-hydrogen) atoms. The number of amides is 1. The summed E-state index contributed by atoms with van der Waals surface area (Å²) in [5, 5.41) is 15.9. The van der Waals surface area contributed by atoms with Crippen molar-refractivity contribution in [2.24, 2.45) is 13.0 Å². The maximum Gasteiger partial charge on any atom is 0.354 e. The average molecular weight is 372 g/mol. The second kappa shape index (κ2) is 8.22. The number of aromatic carboxylic acids is 1. The Morgan fingerprint density at radius 1 is 1.33 bits per heavy atom. The van der Waals surface area contributed by atoms with E-state index in [2.05, 4.69) is 15.3 Å². The number of nitrogens with zero attached hydrogens (tertiary/aromatic N) is 3. The molecule has 8 heteroatoms. The number of hydrogen-bond acceptors (Lipinski definition) is 5. The fourth-order valence-electron chi connectivity index (χ4n) is 3.43. The molecule has 1 aliphatic rings. The molecule has 2 heterocycles. The highest BCUT2D eigenvalue weighted by Crippen LogP contribution is 2.24. The van der Waals surface area contributed by atoms with Crippen LogP contribution in [0.5, 0.6) is 0 Å². The van der Waals surface area contributed by atoms with Gasteiger partial charge in [0.2, 0.25) is 0 Å². The summed E-state index contributed by atoms with van der Waals surface area (Å²) in [6.07, 6.45) is 2.56. The Morgan fingerprint density at radius 2 is 2.07 bits per heavy atom. The van der Waals surface area contributed by atoms with Crippen LogP contribution in [0.2, 0.25) is 0 Å². The van der Waals surface area contributed by atoms with E-state index < -0.39 is 5.97 Å². The first kappa shape index (κ1) is 18.9. The zero-order chi connectivity index (χ0) is 19.4. The largest absolute Gasteiger partial charge is 0.477 e. The molecular weight excluding hydrogens is 348 g/mol. The minimum atomic E-state index is -1.07. The van der Waals surface area contributed by atoms with Crippen LogP contribution in [0, 0.1) is 5.92 Å². The maximum absolute atomic E-state index is 12.4. The van der Waals surface area contributed by atoms with Crippen LogP contribution in [0.15, 0.2) is 30.5 Å². The van der Waals surface area contributed by atoms with Crippen molar-refractivity contribution in [3.63, 3.8) is 0 Å². The van der Waals surface area contributed by atoms with Crippen LogP contribution in [0.4, 0.5) is 5.69 Å². The molecule has 1 aromatic heterocycles. The Hall–Kier alpha value is -2.87. The van der Waals surface area contributed by atoms with Crippen LogP contribution < -0.4 is 10.2 Å². The number of nitrogens with one attached hydrogen (secondary N) is 1. The number of anilines is 1. The number of benzene rings is 1. The van der Waals surface area contributed by atoms with Crippen LogP contribution in [0.3, 0.4) is 0 Å². The molecule has 0 saturated carbocycles. The Bertz CT molecular complexity index is 816. The summed E-state index contributed by atoms with van der Waals surface area (Å²) in [5.74, 6) is -0.776. The van der Waals surface area contributed by atoms with Crippen LogP contribution in [0.25, 0.3) is 0 Å². The molecule has 0 spiro atoms. The Balaban J connectivity index is 1.59. The number of rotatable bonds is 7. The summed E-state index contributed by atoms with van der Waals surface area (Å²) in [6.45, 7) is 2.82. The van der Waals surface area contributed by atoms with Crippen molar-refractivity contribution >= 4 is 17.6 Å². The van der Waals surface area contributed by atoms with Crippen molar-refractivity contribution in [3.05, 3.63) is 47.3 Å². The molecule has 8 nitrogen and oxygen atoms in total. The van der Waals surface area contributed by atoms with Gasteiger partial charge in [0.1, 0.15) is 0 Å². The molecule has 0 aliphatic carbocycles. The molecule has 0 radical (unpaired) electrons. The number of methoxy groups -OCH3 is 1. The molecule has 1 saturated heterocycles. The predicted molar refractivity (Wildman–Crippen MR) is 100.0 cm³/mol. The van der Waals surface area contributed by atoms with Gasteiger partial charge >= 0.3 is 5.97 Å². The molecule has 1 aromatic carbocycles. The molecule has 1 unspecified atom stereocenters. The van der Waals surface area contributed by atoms with Gasteiger partial charge < -0.3 is 20.1 Å². The maximum atomic E-state index is 12.4. The summed E-state index contributed by atoms with van der Waals surface area (Å²) in [6, 6.07) is 7.46. The van der Waals surface area contributed by atoms with Gasteiger partial charge in [-0.2, -0.15) is 5.10 Å².